The van der Waals surface area contributed by atoms with Gasteiger partial charge in [-0.05, 0) is 37.0 Å². The maximum Gasteiger partial charge on any atom is 0.250 e. The summed E-state index contributed by atoms with van der Waals surface area (Å²) in [4.78, 5) is 11.8. The largest absolute Gasteiger partial charge is 0.312 e. The van der Waals surface area contributed by atoms with Crippen LogP contribution in [0.4, 0.5) is 0 Å². The van der Waals surface area contributed by atoms with Crippen LogP contribution in [-0.4, -0.2) is 10.3 Å². The Hall–Kier alpha value is -0.700. The van der Waals surface area contributed by atoms with Gasteiger partial charge in [-0.15, -0.1) is 0 Å². The Morgan fingerprint density at radius 2 is 2.06 bits per heavy atom. The molecule has 2 nitrogen and oxygen atoms in total. The van der Waals surface area contributed by atoms with Crippen LogP contribution >= 0.6 is 12.6 Å². The van der Waals surface area contributed by atoms with Crippen LogP contribution in [0.15, 0.2) is 23.0 Å². The third-order valence-corrected chi connectivity index (χ3v) is 4.43. The second-order valence-electron chi connectivity index (χ2n) is 4.96. The third-order valence-electron chi connectivity index (χ3n) is 3.76. The van der Waals surface area contributed by atoms with Crippen LogP contribution in [0.25, 0.3) is 0 Å². The zero-order valence-electron chi connectivity index (χ0n) is 9.78. The third kappa shape index (κ3) is 2.19. The summed E-state index contributed by atoms with van der Waals surface area (Å²) in [5.74, 6) is 0.883. The summed E-state index contributed by atoms with van der Waals surface area (Å²) < 4.78 is 1.90. The molecule has 0 atom stereocenters. The number of hydrogen-bond acceptors (Lipinski definition) is 2. The summed E-state index contributed by atoms with van der Waals surface area (Å²) in [5, 5.41) is 0. The van der Waals surface area contributed by atoms with Crippen LogP contribution < -0.4 is 5.56 Å². The van der Waals surface area contributed by atoms with Gasteiger partial charge in [0.1, 0.15) is 0 Å². The standard InChI is InChI=1S/C13H19NOS/c1-11-5-4-6-12(15)14(11)9-13(10-16)7-2-3-8-13/h4-6,16H,2-3,7-10H2,1H3. The fourth-order valence-corrected chi connectivity index (χ4v) is 3.07. The van der Waals surface area contributed by atoms with Gasteiger partial charge in [0.15, 0.2) is 0 Å². The van der Waals surface area contributed by atoms with E-state index >= 15 is 0 Å². The molecule has 16 heavy (non-hydrogen) atoms. The summed E-state index contributed by atoms with van der Waals surface area (Å²) in [6.07, 6.45) is 4.97. The predicted octanol–water partition coefficient (Wildman–Crippen LogP) is 2.65. The van der Waals surface area contributed by atoms with Crippen molar-refractivity contribution < 1.29 is 0 Å². The van der Waals surface area contributed by atoms with Gasteiger partial charge in [0.25, 0.3) is 5.56 Å². The molecule has 0 radical (unpaired) electrons. The van der Waals surface area contributed by atoms with E-state index in [9.17, 15) is 4.79 Å². The van der Waals surface area contributed by atoms with Crippen LogP contribution in [0, 0.1) is 12.3 Å². The van der Waals surface area contributed by atoms with Crippen LogP contribution in [0.3, 0.4) is 0 Å². The molecule has 0 aliphatic heterocycles. The van der Waals surface area contributed by atoms with E-state index in [1.165, 1.54) is 25.7 Å². The number of aryl methyl sites for hydroxylation is 1. The van der Waals surface area contributed by atoms with Crippen molar-refractivity contribution in [3.63, 3.8) is 0 Å². The van der Waals surface area contributed by atoms with Crippen molar-refractivity contribution in [3.05, 3.63) is 34.2 Å². The molecule has 1 heterocycles. The molecular weight excluding hydrogens is 218 g/mol. The molecule has 1 aliphatic rings. The second kappa shape index (κ2) is 4.66. The Morgan fingerprint density at radius 1 is 1.38 bits per heavy atom. The number of rotatable bonds is 3. The Morgan fingerprint density at radius 3 is 2.62 bits per heavy atom. The number of nitrogens with zero attached hydrogens (tertiary/aromatic N) is 1. The molecule has 0 saturated heterocycles. The highest BCUT2D eigenvalue weighted by Crippen LogP contribution is 2.40. The van der Waals surface area contributed by atoms with Crippen LogP contribution in [-0.2, 0) is 6.54 Å². The monoisotopic (exact) mass is 237 g/mol. The van der Waals surface area contributed by atoms with E-state index in [0.717, 1.165) is 18.0 Å². The van der Waals surface area contributed by atoms with E-state index < -0.39 is 0 Å². The van der Waals surface area contributed by atoms with Gasteiger partial charge in [0.2, 0.25) is 0 Å². The van der Waals surface area contributed by atoms with Gasteiger partial charge in [0, 0.05) is 18.3 Å². The molecule has 0 bridgehead atoms. The van der Waals surface area contributed by atoms with Crippen molar-refractivity contribution in [2.75, 3.05) is 5.75 Å². The lowest BCUT2D eigenvalue weighted by atomic mass is 9.88. The summed E-state index contributed by atoms with van der Waals surface area (Å²) >= 11 is 4.48. The molecular formula is C13H19NOS. The molecule has 3 heteroatoms. The second-order valence-corrected chi connectivity index (χ2v) is 5.27. The summed E-state index contributed by atoms with van der Waals surface area (Å²) in [6.45, 7) is 2.84. The zero-order chi connectivity index (χ0) is 11.6. The van der Waals surface area contributed by atoms with Crippen molar-refractivity contribution in [2.24, 2.45) is 5.41 Å². The Kier molecular flexibility index (Phi) is 3.43. The van der Waals surface area contributed by atoms with Crippen molar-refractivity contribution in [3.8, 4) is 0 Å². The van der Waals surface area contributed by atoms with Gasteiger partial charge in [0.05, 0.1) is 0 Å². The number of thiol groups is 1. The smallest absolute Gasteiger partial charge is 0.250 e. The van der Waals surface area contributed by atoms with E-state index in [4.69, 9.17) is 0 Å². The van der Waals surface area contributed by atoms with E-state index in [-0.39, 0.29) is 11.0 Å². The lowest BCUT2D eigenvalue weighted by Gasteiger charge is -2.28. The number of hydrogen-bond donors (Lipinski definition) is 1. The van der Waals surface area contributed by atoms with Crippen LogP contribution in [0.1, 0.15) is 31.4 Å². The first-order chi connectivity index (χ1) is 7.67. The van der Waals surface area contributed by atoms with Crippen LogP contribution in [0.2, 0.25) is 0 Å². The summed E-state index contributed by atoms with van der Waals surface area (Å²) in [7, 11) is 0. The van der Waals surface area contributed by atoms with E-state index in [1.54, 1.807) is 6.07 Å². The molecule has 0 unspecified atom stereocenters. The molecule has 0 spiro atoms. The summed E-state index contributed by atoms with van der Waals surface area (Å²) in [5.41, 5.74) is 1.42. The highest BCUT2D eigenvalue weighted by atomic mass is 32.1. The number of aromatic nitrogens is 1. The Bertz CT molecular complexity index is 418. The first-order valence-corrected chi connectivity index (χ1v) is 6.57. The molecule has 0 amide bonds. The van der Waals surface area contributed by atoms with Gasteiger partial charge in [-0.3, -0.25) is 4.79 Å². The van der Waals surface area contributed by atoms with Crippen molar-refractivity contribution >= 4 is 12.6 Å². The first-order valence-electron chi connectivity index (χ1n) is 5.94. The fourth-order valence-electron chi connectivity index (χ4n) is 2.65. The molecule has 0 N–H and O–H groups in total. The van der Waals surface area contributed by atoms with E-state index in [1.807, 2.05) is 23.6 Å². The van der Waals surface area contributed by atoms with Crippen molar-refractivity contribution in [2.45, 2.75) is 39.2 Å². The molecule has 1 fully saturated rings. The van der Waals surface area contributed by atoms with E-state index in [2.05, 4.69) is 12.6 Å². The van der Waals surface area contributed by atoms with Gasteiger partial charge in [-0.2, -0.15) is 12.6 Å². The SMILES string of the molecule is Cc1cccc(=O)n1CC1(CS)CCCC1. The zero-order valence-corrected chi connectivity index (χ0v) is 10.7. The lowest BCUT2D eigenvalue weighted by Crippen LogP contribution is -2.32. The normalized spacial score (nSPS) is 18.9. The van der Waals surface area contributed by atoms with Gasteiger partial charge < -0.3 is 4.57 Å². The number of pyridine rings is 1. The van der Waals surface area contributed by atoms with Crippen molar-refractivity contribution in [1.29, 1.82) is 0 Å². The van der Waals surface area contributed by atoms with E-state index in [0.29, 0.717) is 0 Å². The Balaban J connectivity index is 2.29. The van der Waals surface area contributed by atoms with Gasteiger partial charge in [-0.25, -0.2) is 0 Å². The highest BCUT2D eigenvalue weighted by molar-refractivity contribution is 7.80. The average molecular weight is 237 g/mol. The minimum absolute atomic E-state index is 0.119. The fraction of sp³-hybridized carbons (Fsp3) is 0.615. The molecule has 1 aromatic heterocycles. The quantitative estimate of drug-likeness (QED) is 0.802. The molecule has 1 aromatic rings. The highest BCUT2D eigenvalue weighted by Gasteiger charge is 2.33. The first kappa shape index (κ1) is 11.8. The predicted molar refractivity (Wildman–Crippen MR) is 70.2 cm³/mol. The van der Waals surface area contributed by atoms with Crippen molar-refractivity contribution in [1.82, 2.24) is 4.57 Å². The van der Waals surface area contributed by atoms with Gasteiger partial charge in [-0.1, -0.05) is 18.9 Å². The van der Waals surface area contributed by atoms with Gasteiger partial charge >= 0.3 is 0 Å². The maximum atomic E-state index is 11.8. The molecule has 88 valence electrons. The minimum Gasteiger partial charge on any atom is -0.312 e. The lowest BCUT2D eigenvalue weighted by molar-refractivity contribution is 0.284. The minimum atomic E-state index is 0.119. The average Bonchev–Trinajstić information content (AvgIpc) is 2.73. The molecule has 0 aromatic carbocycles. The maximum absolute atomic E-state index is 11.8. The topological polar surface area (TPSA) is 22.0 Å². The summed E-state index contributed by atoms with van der Waals surface area (Å²) in [6, 6.07) is 5.48. The molecule has 2 rings (SSSR count). The Labute approximate surface area is 102 Å². The molecule has 1 saturated carbocycles. The molecule has 1 aliphatic carbocycles. The van der Waals surface area contributed by atoms with Crippen LogP contribution in [0.5, 0.6) is 0 Å².